The van der Waals surface area contributed by atoms with Crippen molar-refractivity contribution in [1.29, 1.82) is 0 Å². The molecule has 0 amide bonds. The van der Waals surface area contributed by atoms with E-state index >= 15 is 0 Å². The Labute approximate surface area is 77.5 Å². The number of nitrogens with one attached hydrogen (secondary N) is 1. The minimum Gasteiger partial charge on any atom is -0.350 e. The van der Waals surface area contributed by atoms with Gasteiger partial charge in [-0.2, -0.15) is 0 Å². The van der Waals surface area contributed by atoms with Crippen LogP contribution in [0, 0.1) is 5.41 Å². The second kappa shape index (κ2) is 2.68. The Morgan fingerprint density at radius 3 is 2.62 bits per heavy atom. The summed E-state index contributed by atoms with van der Waals surface area (Å²) >= 11 is 0. The predicted octanol–water partition coefficient (Wildman–Crippen LogP) is 0.811. The first-order valence-electron chi connectivity index (χ1n) is 4.56. The Morgan fingerprint density at radius 1 is 1.46 bits per heavy atom. The van der Waals surface area contributed by atoms with Crippen molar-refractivity contribution in [2.75, 3.05) is 5.32 Å². The fourth-order valence-corrected chi connectivity index (χ4v) is 1.91. The van der Waals surface area contributed by atoms with Crippen LogP contribution in [0.5, 0.6) is 0 Å². The molecule has 0 saturated heterocycles. The van der Waals surface area contributed by atoms with Crippen LogP contribution in [0.3, 0.4) is 0 Å². The summed E-state index contributed by atoms with van der Waals surface area (Å²) in [5, 5.41) is 14.5. The molecule has 0 atom stereocenters. The fourth-order valence-electron chi connectivity index (χ4n) is 1.91. The molecule has 0 unspecified atom stereocenters. The SMILES string of the molecule is Cn1nnnc1NC1CC(C)(C)C1. The van der Waals surface area contributed by atoms with Crippen LogP contribution in [0.25, 0.3) is 0 Å². The van der Waals surface area contributed by atoms with E-state index in [9.17, 15) is 0 Å². The van der Waals surface area contributed by atoms with Gasteiger partial charge >= 0.3 is 0 Å². The minimum atomic E-state index is 0.490. The summed E-state index contributed by atoms with van der Waals surface area (Å²) in [6, 6.07) is 0.541. The highest BCUT2D eigenvalue weighted by Gasteiger charge is 2.36. The second-order valence-electron chi connectivity index (χ2n) is 4.54. The van der Waals surface area contributed by atoms with Crippen LogP contribution in [0.4, 0.5) is 5.95 Å². The predicted molar refractivity (Wildman–Crippen MR) is 49.2 cm³/mol. The molecular weight excluding hydrogens is 166 g/mol. The average molecular weight is 181 g/mol. The molecule has 1 N–H and O–H groups in total. The Hall–Kier alpha value is -1.13. The standard InChI is InChI=1S/C8H15N5/c1-8(2)4-6(5-8)9-7-10-11-12-13(7)3/h6H,4-5H2,1-3H3,(H,9,10,12). The first-order chi connectivity index (χ1) is 6.07. The van der Waals surface area contributed by atoms with Crippen LogP contribution in [-0.2, 0) is 7.05 Å². The number of nitrogens with zero attached hydrogens (tertiary/aromatic N) is 4. The summed E-state index contributed by atoms with van der Waals surface area (Å²) in [4.78, 5) is 0. The number of hydrogen-bond acceptors (Lipinski definition) is 4. The lowest BCUT2D eigenvalue weighted by molar-refractivity contribution is 0.166. The normalized spacial score (nSPS) is 21.2. The van der Waals surface area contributed by atoms with E-state index in [0.29, 0.717) is 11.5 Å². The van der Waals surface area contributed by atoms with Gasteiger partial charge in [-0.25, -0.2) is 4.68 Å². The van der Waals surface area contributed by atoms with Crippen LogP contribution < -0.4 is 5.32 Å². The summed E-state index contributed by atoms with van der Waals surface area (Å²) in [6.07, 6.45) is 2.39. The summed E-state index contributed by atoms with van der Waals surface area (Å²) < 4.78 is 1.66. The molecule has 0 aromatic carbocycles. The molecule has 72 valence electrons. The smallest absolute Gasteiger partial charge is 0.242 e. The van der Waals surface area contributed by atoms with E-state index in [1.807, 2.05) is 7.05 Å². The first-order valence-corrected chi connectivity index (χ1v) is 4.56. The van der Waals surface area contributed by atoms with Crippen molar-refractivity contribution in [3.8, 4) is 0 Å². The second-order valence-corrected chi connectivity index (χ2v) is 4.54. The van der Waals surface area contributed by atoms with Gasteiger partial charge < -0.3 is 5.32 Å². The molecule has 0 radical (unpaired) electrons. The quantitative estimate of drug-likeness (QED) is 0.733. The van der Waals surface area contributed by atoms with Gasteiger partial charge in [0.25, 0.3) is 0 Å². The largest absolute Gasteiger partial charge is 0.350 e. The van der Waals surface area contributed by atoms with Gasteiger partial charge in [-0.05, 0) is 28.7 Å². The van der Waals surface area contributed by atoms with Crippen molar-refractivity contribution in [3.05, 3.63) is 0 Å². The van der Waals surface area contributed by atoms with Gasteiger partial charge in [-0.15, -0.1) is 0 Å². The molecule has 2 rings (SSSR count). The molecule has 0 aliphatic heterocycles. The van der Waals surface area contributed by atoms with Gasteiger partial charge in [0.1, 0.15) is 0 Å². The Morgan fingerprint density at radius 2 is 2.15 bits per heavy atom. The van der Waals surface area contributed by atoms with Gasteiger partial charge in [0.15, 0.2) is 0 Å². The van der Waals surface area contributed by atoms with Crippen molar-refractivity contribution >= 4 is 5.95 Å². The zero-order valence-electron chi connectivity index (χ0n) is 8.28. The molecule has 0 bridgehead atoms. The Balaban J connectivity index is 1.91. The lowest BCUT2D eigenvalue weighted by Gasteiger charge is -2.42. The monoisotopic (exact) mass is 181 g/mol. The summed E-state index contributed by atoms with van der Waals surface area (Å²) in [7, 11) is 1.84. The van der Waals surface area contributed by atoms with E-state index in [-0.39, 0.29) is 0 Å². The number of aryl methyl sites for hydroxylation is 1. The van der Waals surface area contributed by atoms with Crippen LogP contribution in [0.2, 0.25) is 0 Å². The molecule has 1 aliphatic rings. The van der Waals surface area contributed by atoms with Crippen LogP contribution >= 0.6 is 0 Å². The van der Waals surface area contributed by atoms with Crippen LogP contribution in [0.15, 0.2) is 0 Å². The summed E-state index contributed by atoms with van der Waals surface area (Å²) in [5.41, 5.74) is 0.490. The number of anilines is 1. The molecule has 1 fully saturated rings. The summed E-state index contributed by atoms with van der Waals surface area (Å²) in [5.74, 6) is 0.764. The molecule has 5 nitrogen and oxygen atoms in total. The van der Waals surface area contributed by atoms with Gasteiger partial charge in [-0.1, -0.05) is 18.9 Å². The molecule has 1 aromatic heterocycles. The lowest BCUT2D eigenvalue weighted by atomic mass is 9.68. The summed E-state index contributed by atoms with van der Waals surface area (Å²) in [6.45, 7) is 4.56. The maximum atomic E-state index is 3.88. The van der Waals surface area contributed by atoms with E-state index in [1.54, 1.807) is 4.68 Å². The minimum absolute atomic E-state index is 0.490. The van der Waals surface area contributed by atoms with Crippen molar-refractivity contribution in [3.63, 3.8) is 0 Å². The van der Waals surface area contributed by atoms with Gasteiger partial charge in [0.2, 0.25) is 5.95 Å². The Bertz CT molecular complexity index is 295. The van der Waals surface area contributed by atoms with E-state index in [2.05, 4.69) is 34.7 Å². The van der Waals surface area contributed by atoms with E-state index in [1.165, 1.54) is 12.8 Å². The maximum absolute atomic E-state index is 3.88. The van der Waals surface area contributed by atoms with Crippen LogP contribution in [-0.4, -0.2) is 26.2 Å². The third-order valence-corrected chi connectivity index (χ3v) is 2.55. The highest BCUT2D eigenvalue weighted by Crippen LogP contribution is 2.40. The van der Waals surface area contributed by atoms with Crippen molar-refractivity contribution in [1.82, 2.24) is 20.2 Å². The van der Waals surface area contributed by atoms with Gasteiger partial charge in [0, 0.05) is 13.1 Å². The molecule has 1 aliphatic carbocycles. The zero-order valence-corrected chi connectivity index (χ0v) is 8.28. The Kier molecular flexibility index (Phi) is 1.75. The third-order valence-electron chi connectivity index (χ3n) is 2.55. The van der Waals surface area contributed by atoms with Gasteiger partial charge in [-0.3, -0.25) is 0 Å². The van der Waals surface area contributed by atoms with Crippen LogP contribution in [0.1, 0.15) is 26.7 Å². The number of hydrogen-bond donors (Lipinski definition) is 1. The molecule has 1 saturated carbocycles. The van der Waals surface area contributed by atoms with Crippen molar-refractivity contribution in [2.45, 2.75) is 32.7 Å². The van der Waals surface area contributed by atoms with Crippen molar-refractivity contribution < 1.29 is 0 Å². The molecule has 1 heterocycles. The number of rotatable bonds is 2. The fraction of sp³-hybridized carbons (Fsp3) is 0.875. The van der Waals surface area contributed by atoms with E-state index < -0.39 is 0 Å². The molecular formula is C8H15N5. The molecule has 0 spiro atoms. The lowest BCUT2D eigenvalue weighted by Crippen LogP contribution is -2.41. The topological polar surface area (TPSA) is 55.6 Å². The average Bonchev–Trinajstić information content (AvgIpc) is 2.33. The van der Waals surface area contributed by atoms with Crippen molar-refractivity contribution in [2.24, 2.45) is 12.5 Å². The third kappa shape index (κ3) is 1.64. The molecule has 5 heteroatoms. The van der Waals surface area contributed by atoms with E-state index in [0.717, 1.165) is 5.95 Å². The zero-order chi connectivity index (χ0) is 9.47. The first kappa shape index (κ1) is 8.47. The number of aromatic nitrogens is 4. The van der Waals surface area contributed by atoms with E-state index in [4.69, 9.17) is 0 Å². The van der Waals surface area contributed by atoms with Gasteiger partial charge in [0.05, 0.1) is 0 Å². The molecule has 13 heavy (non-hydrogen) atoms. The molecule has 1 aromatic rings. The highest BCUT2D eigenvalue weighted by atomic mass is 15.6. The highest BCUT2D eigenvalue weighted by molar-refractivity contribution is 5.25. The maximum Gasteiger partial charge on any atom is 0.242 e. The number of tetrazole rings is 1.